The van der Waals surface area contributed by atoms with Crippen LogP contribution in [0.2, 0.25) is 5.02 Å². The van der Waals surface area contributed by atoms with E-state index in [0.717, 1.165) is 12.8 Å². The van der Waals surface area contributed by atoms with Crippen molar-refractivity contribution in [2.75, 3.05) is 0 Å². The highest BCUT2D eigenvalue weighted by Gasteiger charge is 2.29. The first-order valence-electron chi connectivity index (χ1n) is 6.77. The van der Waals surface area contributed by atoms with Crippen LogP contribution in [-0.4, -0.2) is 19.6 Å². The van der Waals surface area contributed by atoms with Gasteiger partial charge in [0.2, 0.25) is 10.0 Å². The van der Waals surface area contributed by atoms with Gasteiger partial charge >= 0.3 is 0 Å². The Balaban J connectivity index is 2.31. The molecule has 0 spiro atoms. The van der Waals surface area contributed by atoms with Crippen molar-refractivity contribution in [3.05, 3.63) is 28.3 Å². The third-order valence-corrected chi connectivity index (χ3v) is 5.99. The molecule has 1 aromatic rings. The Labute approximate surface area is 125 Å². The molecule has 0 aromatic heterocycles. The van der Waals surface area contributed by atoms with Crippen LogP contribution in [0.1, 0.15) is 37.3 Å². The summed E-state index contributed by atoms with van der Waals surface area (Å²) in [5.41, 5.74) is 1.08. The highest BCUT2D eigenvalue weighted by Crippen LogP contribution is 2.31. The summed E-state index contributed by atoms with van der Waals surface area (Å²) in [6, 6.07) is 2.95. The van der Waals surface area contributed by atoms with E-state index in [4.69, 9.17) is 11.6 Å². The number of hydrogen-bond donors (Lipinski definition) is 2. The number of aliphatic hydroxyl groups is 1. The molecule has 1 unspecified atom stereocenters. The van der Waals surface area contributed by atoms with Crippen LogP contribution in [0.3, 0.4) is 0 Å². The molecule has 1 fully saturated rings. The fourth-order valence-electron chi connectivity index (χ4n) is 2.50. The quantitative estimate of drug-likeness (QED) is 0.877. The van der Waals surface area contributed by atoms with Crippen LogP contribution in [0, 0.1) is 12.8 Å². The van der Waals surface area contributed by atoms with Gasteiger partial charge in [0, 0.05) is 11.1 Å². The zero-order valence-corrected chi connectivity index (χ0v) is 13.3. The number of benzene rings is 1. The lowest BCUT2D eigenvalue weighted by atomic mass is 9.81. The molecule has 2 N–H and O–H groups in total. The minimum absolute atomic E-state index is 0.0790. The van der Waals surface area contributed by atoms with E-state index < -0.39 is 10.0 Å². The minimum atomic E-state index is -3.61. The molecule has 0 bridgehead atoms. The van der Waals surface area contributed by atoms with Crippen molar-refractivity contribution in [2.24, 2.45) is 5.92 Å². The molecule has 1 saturated carbocycles. The van der Waals surface area contributed by atoms with Gasteiger partial charge in [0.1, 0.15) is 0 Å². The predicted octanol–water partition coefficient (Wildman–Crippen LogP) is 2.61. The number of rotatable bonds is 5. The van der Waals surface area contributed by atoms with Crippen molar-refractivity contribution < 1.29 is 13.5 Å². The Hall–Kier alpha value is -0.620. The number of sulfonamides is 1. The van der Waals surface area contributed by atoms with Gasteiger partial charge in [-0.05, 0) is 55.9 Å². The van der Waals surface area contributed by atoms with Crippen molar-refractivity contribution in [1.82, 2.24) is 4.72 Å². The Morgan fingerprint density at radius 2 is 2.10 bits per heavy atom. The molecule has 0 saturated heterocycles. The van der Waals surface area contributed by atoms with Crippen molar-refractivity contribution in [3.8, 4) is 0 Å². The molecule has 0 amide bonds. The lowest BCUT2D eigenvalue weighted by Gasteiger charge is -2.31. The van der Waals surface area contributed by atoms with Gasteiger partial charge in [-0.1, -0.05) is 18.0 Å². The monoisotopic (exact) mass is 317 g/mol. The summed E-state index contributed by atoms with van der Waals surface area (Å²) in [7, 11) is -3.61. The minimum Gasteiger partial charge on any atom is -0.392 e. The second-order valence-corrected chi connectivity index (χ2v) is 7.57. The molecular weight excluding hydrogens is 298 g/mol. The summed E-state index contributed by atoms with van der Waals surface area (Å²) in [5, 5.41) is 9.59. The van der Waals surface area contributed by atoms with Crippen molar-refractivity contribution >= 4 is 21.6 Å². The first-order chi connectivity index (χ1) is 9.35. The summed E-state index contributed by atoms with van der Waals surface area (Å²) < 4.78 is 27.7. The molecular formula is C14H20ClNO3S. The molecule has 0 aliphatic heterocycles. The summed E-state index contributed by atoms with van der Waals surface area (Å²) in [4.78, 5) is 0.153. The van der Waals surface area contributed by atoms with Crippen LogP contribution in [0.5, 0.6) is 0 Å². The smallest absolute Gasteiger partial charge is 0.241 e. The molecule has 2 rings (SSSR count). The Bertz CT molecular complexity index is 597. The highest BCUT2D eigenvalue weighted by atomic mass is 35.5. The van der Waals surface area contributed by atoms with Crippen LogP contribution in [-0.2, 0) is 16.6 Å². The van der Waals surface area contributed by atoms with Gasteiger partial charge in [-0.2, -0.15) is 0 Å². The molecule has 1 aromatic carbocycles. The summed E-state index contributed by atoms with van der Waals surface area (Å²) >= 11 is 5.94. The van der Waals surface area contributed by atoms with Gasteiger partial charge in [0.15, 0.2) is 0 Å². The maximum atomic E-state index is 12.5. The third-order valence-electron chi connectivity index (χ3n) is 4.09. The lowest BCUT2D eigenvalue weighted by Crippen LogP contribution is -2.40. The van der Waals surface area contributed by atoms with E-state index in [1.165, 1.54) is 12.5 Å². The number of nitrogens with one attached hydrogen (secondary N) is 1. The molecule has 1 aliphatic carbocycles. The average Bonchev–Trinajstić information content (AvgIpc) is 2.28. The second kappa shape index (κ2) is 6.02. The lowest BCUT2D eigenvalue weighted by molar-refractivity contribution is 0.260. The molecule has 0 heterocycles. The predicted molar refractivity (Wildman–Crippen MR) is 79.2 cm³/mol. The maximum absolute atomic E-state index is 12.5. The fourth-order valence-corrected chi connectivity index (χ4v) is 4.43. The topological polar surface area (TPSA) is 66.4 Å². The number of hydrogen-bond acceptors (Lipinski definition) is 3. The molecule has 0 radical (unpaired) electrons. The van der Waals surface area contributed by atoms with E-state index in [9.17, 15) is 13.5 Å². The second-order valence-electron chi connectivity index (χ2n) is 5.45. The zero-order valence-electron chi connectivity index (χ0n) is 11.7. The van der Waals surface area contributed by atoms with Crippen LogP contribution in [0.15, 0.2) is 17.0 Å². The van der Waals surface area contributed by atoms with E-state index in [0.29, 0.717) is 22.1 Å². The molecule has 1 aliphatic rings. The van der Waals surface area contributed by atoms with E-state index in [1.807, 2.05) is 6.92 Å². The van der Waals surface area contributed by atoms with Crippen molar-refractivity contribution in [3.63, 3.8) is 0 Å². The van der Waals surface area contributed by atoms with Crippen molar-refractivity contribution in [1.29, 1.82) is 0 Å². The summed E-state index contributed by atoms with van der Waals surface area (Å²) in [5.74, 6) is 0.418. The Kier molecular flexibility index (Phi) is 4.74. The first kappa shape index (κ1) is 15.8. The number of aliphatic hydroxyl groups excluding tert-OH is 1. The fraction of sp³-hybridized carbons (Fsp3) is 0.571. The van der Waals surface area contributed by atoms with E-state index >= 15 is 0 Å². The van der Waals surface area contributed by atoms with E-state index in [-0.39, 0.29) is 17.5 Å². The molecule has 1 atom stereocenters. The molecule has 4 nitrogen and oxygen atoms in total. The van der Waals surface area contributed by atoms with Gasteiger partial charge in [-0.15, -0.1) is 0 Å². The van der Waals surface area contributed by atoms with E-state index in [2.05, 4.69) is 4.72 Å². The first-order valence-corrected chi connectivity index (χ1v) is 8.63. The molecule has 20 heavy (non-hydrogen) atoms. The SMILES string of the molecule is Cc1c(CO)cc(Cl)cc1S(=O)(=O)NC(C)C1CCC1. The Morgan fingerprint density at radius 1 is 1.45 bits per heavy atom. The summed E-state index contributed by atoms with van der Waals surface area (Å²) in [6.07, 6.45) is 3.31. The molecule has 6 heteroatoms. The van der Waals surface area contributed by atoms with Crippen molar-refractivity contribution in [2.45, 2.75) is 50.7 Å². The van der Waals surface area contributed by atoms with Gasteiger partial charge in [0.25, 0.3) is 0 Å². The highest BCUT2D eigenvalue weighted by molar-refractivity contribution is 7.89. The standard InChI is InChI=1S/C14H20ClNO3S/c1-9-12(8-17)6-13(15)7-14(9)20(18,19)16-10(2)11-4-3-5-11/h6-7,10-11,16-17H,3-5,8H2,1-2H3. The normalized spacial score (nSPS) is 17.8. The average molecular weight is 318 g/mol. The van der Waals surface area contributed by atoms with Gasteiger partial charge in [-0.3, -0.25) is 0 Å². The van der Waals surface area contributed by atoms with E-state index in [1.54, 1.807) is 13.0 Å². The van der Waals surface area contributed by atoms with Crippen LogP contribution in [0.25, 0.3) is 0 Å². The van der Waals surface area contributed by atoms with Crippen LogP contribution in [0.4, 0.5) is 0 Å². The Morgan fingerprint density at radius 3 is 2.60 bits per heavy atom. The van der Waals surface area contributed by atoms with Gasteiger partial charge < -0.3 is 5.11 Å². The third kappa shape index (κ3) is 3.17. The summed E-state index contributed by atoms with van der Waals surface area (Å²) in [6.45, 7) is 3.35. The number of halogens is 1. The zero-order chi connectivity index (χ0) is 14.9. The maximum Gasteiger partial charge on any atom is 0.241 e. The van der Waals surface area contributed by atoms with Crippen LogP contribution < -0.4 is 4.72 Å². The van der Waals surface area contributed by atoms with Crippen LogP contribution >= 0.6 is 11.6 Å². The largest absolute Gasteiger partial charge is 0.392 e. The molecule has 112 valence electrons. The van der Waals surface area contributed by atoms with Gasteiger partial charge in [0.05, 0.1) is 11.5 Å². The van der Waals surface area contributed by atoms with Gasteiger partial charge in [-0.25, -0.2) is 13.1 Å².